The Labute approximate surface area is 268 Å². The molecule has 0 spiro atoms. The molecule has 1 amide bonds. The van der Waals surface area contributed by atoms with E-state index in [1.165, 1.54) is 5.69 Å². The summed E-state index contributed by atoms with van der Waals surface area (Å²) < 4.78 is 5.44. The summed E-state index contributed by atoms with van der Waals surface area (Å²) in [6.45, 7) is 7.31. The summed E-state index contributed by atoms with van der Waals surface area (Å²) in [7, 11) is 2.15. The number of benzene rings is 4. The molecule has 7 rings (SSSR count). The summed E-state index contributed by atoms with van der Waals surface area (Å²) in [4.78, 5) is 41.1. The minimum atomic E-state index is -0.159. The van der Waals surface area contributed by atoms with Crippen LogP contribution in [0, 0.1) is 0 Å². The molecule has 2 fully saturated rings. The molecule has 0 atom stereocenters. The van der Waals surface area contributed by atoms with Gasteiger partial charge in [-0.1, -0.05) is 18.2 Å². The van der Waals surface area contributed by atoms with Crippen molar-refractivity contribution in [1.82, 2.24) is 14.9 Å². The van der Waals surface area contributed by atoms with Crippen molar-refractivity contribution in [2.24, 2.45) is 0 Å². The fourth-order valence-electron chi connectivity index (χ4n) is 6.07. The second-order valence-corrected chi connectivity index (χ2v) is 12.1. The number of piperazine rings is 1. The number of anilines is 3. The van der Waals surface area contributed by atoms with Gasteiger partial charge in [-0.2, -0.15) is 0 Å². The topological polar surface area (TPSA) is 93.8 Å². The molecule has 0 unspecified atom stereocenters. The summed E-state index contributed by atoms with van der Waals surface area (Å²) in [6.07, 6.45) is 0.309. The molecule has 2 N–H and O–H groups in total. The highest BCUT2D eigenvalue weighted by Crippen LogP contribution is 2.24. The number of carbonyl (C=O) groups is 2. The predicted molar refractivity (Wildman–Crippen MR) is 183 cm³/mol. The highest BCUT2D eigenvalue weighted by molar-refractivity contribution is 6.04. The normalized spacial score (nSPS) is 15.7. The largest absolute Gasteiger partial charge is 0.378 e. The van der Waals surface area contributed by atoms with Gasteiger partial charge in [0, 0.05) is 79.4 Å². The van der Waals surface area contributed by atoms with Gasteiger partial charge in [-0.15, -0.1) is 0 Å². The van der Waals surface area contributed by atoms with E-state index in [1.807, 2.05) is 78.9 Å². The molecule has 3 heterocycles. The van der Waals surface area contributed by atoms with E-state index in [-0.39, 0.29) is 11.7 Å². The van der Waals surface area contributed by atoms with Crippen molar-refractivity contribution in [3.63, 3.8) is 0 Å². The first-order valence-electron chi connectivity index (χ1n) is 15.9. The molecule has 46 heavy (non-hydrogen) atoms. The smallest absolute Gasteiger partial charge is 0.255 e. The molecule has 0 saturated carbocycles. The Morgan fingerprint density at radius 2 is 1.39 bits per heavy atom. The van der Waals surface area contributed by atoms with Crippen molar-refractivity contribution >= 4 is 39.8 Å². The van der Waals surface area contributed by atoms with Crippen LogP contribution in [0.3, 0.4) is 0 Å². The van der Waals surface area contributed by atoms with E-state index < -0.39 is 0 Å². The van der Waals surface area contributed by atoms with Crippen LogP contribution in [-0.2, 0) is 11.2 Å². The lowest BCUT2D eigenvalue weighted by molar-refractivity contribution is 0.0991. The molecule has 2 aliphatic heterocycles. The number of imidazole rings is 1. The van der Waals surface area contributed by atoms with Crippen molar-refractivity contribution in [2.75, 3.05) is 74.6 Å². The predicted octanol–water partition coefficient (Wildman–Crippen LogP) is 5.50. The lowest BCUT2D eigenvalue weighted by Gasteiger charge is -2.34. The van der Waals surface area contributed by atoms with Gasteiger partial charge >= 0.3 is 0 Å². The van der Waals surface area contributed by atoms with Crippen LogP contribution in [-0.4, -0.2) is 86.1 Å². The minimum Gasteiger partial charge on any atom is -0.378 e. The number of rotatable bonds is 8. The number of likely N-dealkylation sites (N-methyl/N-ethyl adjacent to an activating group) is 1. The summed E-state index contributed by atoms with van der Waals surface area (Å²) in [6, 6.07) is 29.2. The van der Waals surface area contributed by atoms with Crippen LogP contribution in [0.15, 0.2) is 91.0 Å². The van der Waals surface area contributed by atoms with Gasteiger partial charge in [0.15, 0.2) is 5.78 Å². The molecular formula is C37H38N6O3. The Morgan fingerprint density at radius 1 is 0.761 bits per heavy atom. The maximum atomic E-state index is 13.1. The third-order valence-corrected chi connectivity index (χ3v) is 8.89. The van der Waals surface area contributed by atoms with Crippen molar-refractivity contribution in [3.05, 3.63) is 108 Å². The Morgan fingerprint density at radius 3 is 2.09 bits per heavy atom. The number of aromatic nitrogens is 2. The number of ketones is 1. The molecule has 9 nitrogen and oxygen atoms in total. The van der Waals surface area contributed by atoms with Gasteiger partial charge in [0.1, 0.15) is 5.82 Å². The summed E-state index contributed by atoms with van der Waals surface area (Å²) in [5, 5.41) is 3.00. The number of hydrogen-bond donors (Lipinski definition) is 2. The van der Waals surface area contributed by atoms with Gasteiger partial charge < -0.3 is 29.7 Å². The van der Waals surface area contributed by atoms with Crippen molar-refractivity contribution in [2.45, 2.75) is 6.42 Å². The number of hydrogen-bond acceptors (Lipinski definition) is 7. The van der Waals surface area contributed by atoms with Crippen LogP contribution in [0.5, 0.6) is 0 Å². The molecule has 2 aliphatic rings. The van der Waals surface area contributed by atoms with Crippen LogP contribution < -0.4 is 15.1 Å². The number of fused-ring (bicyclic) bond motifs is 1. The number of carbonyl (C=O) groups excluding carboxylic acids is 2. The quantitative estimate of drug-likeness (QED) is 0.223. The second-order valence-electron chi connectivity index (χ2n) is 12.1. The molecular weight excluding hydrogens is 576 g/mol. The number of amides is 1. The number of Topliss-reactive ketones (excluding diaryl/α,β-unsaturated/α-hetero) is 1. The van der Waals surface area contributed by atoms with Crippen molar-refractivity contribution in [1.29, 1.82) is 0 Å². The highest BCUT2D eigenvalue weighted by atomic mass is 16.5. The number of H-pyrrole nitrogens is 1. The summed E-state index contributed by atoms with van der Waals surface area (Å²) in [5.74, 6) is 0.629. The molecule has 234 valence electrons. The lowest BCUT2D eigenvalue weighted by atomic mass is 10.0. The van der Waals surface area contributed by atoms with Crippen LogP contribution in [0.2, 0.25) is 0 Å². The van der Waals surface area contributed by atoms with Gasteiger partial charge in [0.05, 0.1) is 24.2 Å². The van der Waals surface area contributed by atoms with Gasteiger partial charge in [0.25, 0.3) is 5.91 Å². The monoisotopic (exact) mass is 614 g/mol. The van der Waals surface area contributed by atoms with Gasteiger partial charge in [-0.3, -0.25) is 9.59 Å². The molecule has 5 aromatic rings. The Bertz CT molecular complexity index is 1820. The van der Waals surface area contributed by atoms with Crippen LogP contribution in [0.25, 0.3) is 22.4 Å². The standard InChI is InChI=1S/C37H38N6O3/c1-41-16-18-42(19-17-41)32-13-9-30(10-14-32)38-37(45)29-5-3-28(4-6-29)36-39-33-15-2-26(24-34(33)40-36)25-35(44)27-7-11-31(12-8-27)43-20-22-46-23-21-43/h2-15,24H,16-23,25H2,1H3,(H,38,45)(H,39,40). The molecule has 0 radical (unpaired) electrons. The number of nitrogens with zero attached hydrogens (tertiary/aromatic N) is 4. The van der Waals surface area contributed by atoms with E-state index in [2.05, 4.69) is 44.2 Å². The summed E-state index contributed by atoms with van der Waals surface area (Å²) in [5.41, 5.74) is 7.82. The summed E-state index contributed by atoms with van der Waals surface area (Å²) >= 11 is 0. The van der Waals surface area contributed by atoms with Crippen LogP contribution in [0.4, 0.5) is 17.1 Å². The Kier molecular flexibility index (Phi) is 8.50. The molecule has 1 aromatic heterocycles. The first kappa shape index (κ1) is 29.7. The van der Waals surface area contributed by atoms with E-state index in [0.717, 1.165) is 86.0 Å². The maximum Gasteiger partial charge on any atom is 0.255 e. The van der Waals surface area contributed by atoms with E-state index in [4.69, 9.17) is 9.72 Å². The maximum absolute atomic E-state index is 13.1. The first-order valence-corrected chi connectivity index (χ1v) is 15.9. The molecule has 9 heteroatoms. The van der Waals surface area contributed by atoms with Crippen LogP contribution >= 0.6 is 0 Å². The number of morpholine rings is 1. The average Bonchev–Trinajstić information content (AvgIpc) is 3.53. The van der Waals surface area contributed by atoms with Gasteiger partial charge in [-0.25, -0.2) is 4.98 Å². The zero-order valence-corrected chi connectivity index (χ0v) is 26.0. The van der Waals surface area contributed by atoms with E-state index in [9.17, 15) is 9.59 Å². The molecule has 4 aromatic carbocycles. The van der Waals surface area contributed by atoms with Crippen LogP contribution in [0.1, 0.15) is 26.3 Å². The van der Waals surface area contributed by atoms with E-state index in [0.29, 0.717) is 23.4 Å². The zero-order valence-electron chi connectivity index (χ0n) is 26.0. The fraction of sp³-hybridized carbons (Fsp3) is 0.270. The van der Waals surface area contributed by atoms with Gasteiger partial charge in [-0.05, 0) is 85.4 Å². The highest BCUT2D eigenvalue weighted by Gasteiger charge is 2.16. The molecule has 2 saturated heterocycles. The Hall–Kier alpha value is -4.99. The first-order chi connectivity index (χ1) is 22.5. The SMILES string of the molecule is CN1CCN(c2ccc(NC(=O)c3ccc(-c4nc5ccc(CC(=O)c6ccc(N7CCOCC7)cc6)cc5[nH]4)cc3)cc2)CC1. The third-order valence-electron chi connectivity index (χ3n) is 8.89. The van der Waals surface area contributed by atoms with Crippen molar-refractivity contribution in [3.8, 4) is 11.4 Å². The number of ether oxygens (including phenoxy) is 1. The van der Waals surface area contributed by atoms with Crippen molar-refractivity contribution < 1.29 is 14.3 Å². The van der Waals surface area contributed by atoms with Gasteiger partial charge in [0.2, 0.25) is 0 Å². The molecule has 0 aliphatic carbocycles. The number of aromatic amines is 1. The lowest BCUT2D eigenvalue weighted by Crippen LogP contribution is -2.44. The fourth-order valence-corrected chi connectivity index (χ4v) is 6.07. The third kappa shape index (κ3) is 6.66. The Balaban J connectivity index is 0.970. The minimum absolute atomic E-state index is 0.0763. The zero-order chi connectivity index (χ0) is 31.5. The van der Waals surface area contributed by atoms with E-state index in [1.54, 1.807) is 0 Å². The average molecular weight is 615 g/mol. The second kappa shape index (κ2) is 13.2. The molecule has 0 bridgehead atoms. The van der Waals surface area contributed by atoms with E-state index >= 15 is 0 Å². The number of nitrogens with one attached hydrogen (secondary N) is 2.